The van der Waals surface area contributed by atoms with E-state index in [1.165, 1.54) is 18.2 Å². The zero-order chi connectivity index (χ0) is 20.3. The lowest BCUT2D eigenvalue weighted by Gasteiger charge is -2.28. The lowest BCUT2D eigenvalue weighted by molar-refractivity contribution is -0.384. The molecule has 0 radical (unpaired) electrons. The van der Waals surface area contributed by atoms with Crippen molar-refractivity contribution in [3.8, 4) is 0 Å². The SMILES string of the molecule is Cc1c(NC(=O)c2ccc(N3CCCCC3)c([N+](=O)[O-])c2)cccc1C(=O)O. The quantitative estimate of drug-likeness (QED) is 0.599. The van der Waals surface area contributed by atoms with Crippen LogP contribution in [0.1, 0.15) is 45.5 Å². The van der Waals surface area contributed by atoms with E-state index in [4.69, 9.17) is 0 Å². The first-order chi connectivity index (χ1) is 13.4. The lowest BCUT2D eigenvalue weighted by atomic mass is 10.1. The number of nitro groups is 1. The van der Waals surface area contributed by atoms with E-state index in [0.29, 0.717) is 16.9 Å². The monoisotopic (exact) mass is 383 g/mol. The fourth-order valence-electron chi connectivity index (χ4n) is 3.41. The predicted molar refractivity (Wildman–Crippen MR) is 105 cm³/mol. The molecule has 0 saturated carbocycles. The molecule has 0 aliphatic carbocycles. The zero-order valence-electron chi connectivity index (χ0n) is 15.5. The third-order valence-electron chi connectivity index (χ3n) is 4.94. The van der Waals surface area contributed by atoms with Crippen molar-refractivity contribution in [1.29, 1.82) is 0 Å². The molecule has 1 aliphatic heterocycles. The van der Waals surface area contributed by atoms with Crippen LogP contribution in [0, 0.1) is 17.0 Å². The normalized spacial score (nSPS) is 13.8. The number of carboxylic acid groups (broad SMARTS) is 1. The van der Waals surface area contributed by atoms with Crippen LogP contribution in [-0.4, -0.2) is 35.0 Å². The summed E-state index contributed by atoms with van der Waals surface area (Å²) in [6.07, 6.45) is 3.08. The van der Waals surface area contributed by atoms with Crippen LogP contribution in [0.2, 0.25) is 0 Å². The molecule has 1 heterocycles. The van der Waals surface area contributed by atoms with E-state index in [-0.39, 0.29) is 16.8 Å². The van der Waals surface area contributed by atoms with E-state index in [0.717, 1.165) is 32.4 Å². The summed E-state index contributed by atoms with van der Waals surface area (Å²) in [7, 11) is 0. The van der Waals surface area contributed by atoms with Gasteiger partial charge in [-0.3, -0.25) is 14.9 Å². The maximum atomic E-state index is 12.6. The summed E-state index contributed by atoms with van der Waals surface area (Å²) < 4.78 is 0. The Morgan fingerprint density at radius 3 is 2.50 bits per heavy atom. The van der Waals surface area contributed by atoms with Gasteiger partial charge >= 0.3 is 5.97 Å². The minimum Gasteiger partial charge on any atom is -0.478 e. The summed E-state index contributed by atoms with van der Waals surface area (Å²) in [5, 5.41) is 23.4. The van der Waals surface area contributed by atoms with Crippen LogP contribution in [0.5, 0.6) is 0 Å². The first kappa shape index (κ1) is 19.3. The number of benzene rings is 2. The molecular formula is C20H21N3O5. The Labute approximate surface area is 161 Å². The van der Waals surface area contributed by atoms with E-state index in [1.54, 1.807) is 25.1 Å². The largest absolute Gasteiger partial charge is 0.478 e. The zero-order valence-corrected chi connectivity index (χ0v) is 15.5. The number of anilines is 2. The van der Waals surface area contributed by atoms with Gasteiger partial charge in [-0.05, 0) is 56.0 Å². The molecule has 2 N–H and O–H groups in total. The standard InChI is InChI=1S/C20H21N3O5/c1-13-15(20(25)26)6-5-7-16(13)21-19(24)14-8-9-17(18(12-14)23(27)28)22-10-3-2-4-11-22/h5-9,12H,2-4,10-11H2,1H3,(H,21,24)(H,25,26). The number of hydrogen-bond acceptors (Lipinski definition) is 5. The van der Waals surface area contributed by atoms with E-state index in [2.05, 4.69) is 5.32 Å². The Hall–Kier alpha value is -3.42. The smallest absolute Gasteiger partial charge is 0.336 e. The number of amides is 1. The molecule has 28 heavy (non-hydrogen) atoms. The van der Waals surface area contributed by atoms with Crippen LogP contribution >= 0.6 is 0 Å². The number of nitrogens with one attached hydrogen (secondary N) is 1. The molecule has 0 unspecified atom stereocenters. The molecule has 146 valence electrons. The molecule has 0 atom stereocenters. The van der Waals surface area contributed by atoms with Gasteiger partial charge in [0.15, 0.2) is 0 Å². The summed E-state index contributed by atoms with van der Waals surface area (Å²) in [6.45, 7) is 3.11. The second kappa shape index (κ2) is 8.08. The molecule has 0 spiro atoms. The van der Waals surface area contributed by atoms with Gasteiger partial charge in [-0.1, -0.05) is 6.07 Å². The van der Waals surface area contributed by atoms with Gasteiger partial charge in [0.25, 0.3) is 11.6 Å². The Kier molecular flexibility index (Phi) is 5.58. The number of nitro benzene ring substituents is 1. The summed E-state index contributed by atoms with van der Waals surface area (Å²) >= 11 is 0. The van der Waals surface area contributed by atoms with E-state index < -0.39 is 16.8 Å². The molecule has 0 aromatic heterocycles. The highest BCUT2D eigenvalue weighted by atomic mass is 16.6. The molecule has 2 aromatic carbocycles. The minimum atomic E-state index is -1.09. The fourth-order valence-corrected chi connectivity index (χ4v) is 3.41. The summed E-state index contributed by atoms with van der Waals surface area (Å²) in [5.74, 6) is -1.62. The van der Waals surface area contributed by atoms with Crippen molar-refractivity contribution >= 4 is 28.9 Å². The fraction of sp³-hybridized carbons (Fsp3) is 0.300. The number of aromatic carboxylic acids is 1. The first-order valence-electron chi connectivity index (χ1n) is 9.06. The molecule has 2 aromatic rings. The Morgan fingerprint density at radius 2 is 1.86 bits per heavy atom. The number of carboxylic acids is 1. The highest BCUT2D eigenvalue weighted by molar-refractivity contribution is 6.06. The van der Waals surface area contributed by atoms with Crippen molar-refractivity contribution in [3.63, 3.8) is 0 Å². The van der Waals surface area contributed by atoms with Crippen LogP contribution in [-0.2, 0) is 0 Å². The second-order valence-corrected chi connectivity index (χ2v) is 6.75. The number of carbonyl (C=O) groups is 2. The number of carbonyl (C=O) groups excluding carboxylic acids is 1. The second-order valence-electron chi connectivity index (χ2n) is 6.75. The average molecular weight is 383 g/mol. The van der Waals surface area contributed by atoms with E-state index >= 15 is 0 Å². The number of piperidine rings is 1. The van der Waals surface area contributed by atoms with Crippen LogP contribution in [0.3, 0.4) is 0 Å². The summed E-state index contributed by atoms with van der Waals surface area (Å²) in [4.78, 5) is 36.9. The van der Waals surface area contributed by atoms with Crippen molar-refractivity contribution in [1.82, 2.24) is 0 Å². The molecule has 1 fully saturated rings. The predicted octanol–water partition coefficient (Wildman–Crippen LogP) is 3.84. The Balaban J connectivity index is 1.88. The number of hydrogen-bond donors (Lipinski definition) is 2. The summed E-state index contributed by atoms with van der Waals surface area (Å²) in [5.41, 5.74) is 1.42. The van der Waals surface area contributed by atoms with Crippen LogP contribution in [0.4, 0.5) is 17.1 Å². The van der Waals surface area contributed by atoms with Crippen molar-refractivity contribution < 1.29 is 19.6 Å². The molecule has 8 nitrogen and oxygen atoms in total. The van der Waals surface area contributed by atoms with Gasteiger partial charge in [0.05, 0.1) is 10.5 Å². The number of rotatable bonds is 5. The molecule has 1 saturated heterocycles. The minimum absolute atomic E-state index is 0.0872. The van der Waals surface area contributed by atoms with Gasteiger partial charge in [-0.25, -0.2) is 4.79 Å². The first-order valence-corrected chi connectivity index (χ1v) is 9.06. The molecule has 1 aliphatic rings. The van der Waals surface area contributed by atoms with Crippen molar-refractivity contribution in [2.75, 3.05) is 23.3 Å². The van der Waals surface area contributed by atoms with E-state index in [9.17, 15) is 24.8 Å². The Bertz CT molecular complexity index is 935. The van der Waals surface area contributed by atoms with Crippen LogP contribution in [0.15, 0.2) is 36.4 Å². The topological polar surface area (TPSA) is 113 Å². The highest BCUT2D eigenvalue weighted by Crippen LogP contribution is 2.31. The maximum absolute atomic E-state index is 12.6. The van der Waals surface area contributed by atoms with Gasteiger partial charge in [0, 0.05) is 30.4 Å². The number of nitrogens with zero attached hydrogens (tertiary/aromatic N) is 2. The van der Waals surface area contributed by atoms with Crippen molar-refractivity contribution in [2.24, 2.45) is 0 Å². The molecular weight excluding hydrogens is 362 g/mol. The molecule has 3 rings (SSSR count). The van der Waals surface area contributed by atoms with Gasteiger partial charge in [-0.15, -0.1) is 0 Å². The molecule has 8 heteroatoms. The molecule has 0 bridgehead atoms. The van der Waals surface area contributed by atoms with Crippen molar-refractivity contribution in [2.45, 2.75) is 26.2 Å². The van der Waals surface area contributed by atoms with Gasteiger partial charge in [0.1, 0.15) is 5.69 Å². The van der Waals surface area contributed by atoms with Gasteiger partial charge < -0.3 is 15.3 Å². The lowest BCUT2D eigenvalue weighted by Crippen LogP contribution is -2.30. The Morgan fingerprint density at radius 1 is 1.14 bits per heavy atom. The van der Waals surface area contributed by atoms with Crippen LogP contribution < -0.4 is 10.2 Å². The van der Waals surface area contributed by atoms with Gasteiger partial charge in [-0.2, -0.15) is 0 Å². The van der Waals surface area contributed by atoms with Crippen molar-refractivity contribution in [3.05, 3.63) is 63.2 Å². The average Bonchev–Trinajstić information content (AvgIpc) is 2.69. The summed E-state index contributed by atoms with van der Waals surface area (Å²) in [6, 6.07) is 9.02. The third kappa shape index (κ3) is 3.95. The van der Waals surface area contributed by atoms with E-state index in [1.807, 2.05) is 4.90 Å². The van der Waals surface area contributed by atoms with Crippen LogP contribution in [0.25, 0.3) is 0 Å². The van der Waals surface area contributed by atoms with Gasteiger partial charge in [0.2, 0.25) is 0 Å². The highest BCUT2D eigenvalue weighted by Gasteiger charge is 2.23. The maximum Gasteiger partial charge on any atom is 0.336 e. The third-order valence-corrected chi connectivity index (χ3v) is 4.94. The molecule has 1 amide bonds.